The molecule has 7 heteroatoms. The predicted molar refractivity (Wildman–Crippen MR) is 94.5 cm³/mol. The lowest BCUT2D eigenvalue weighted by atomic mass is 10.1. The molecule has 0 radical (unpaired) electrons. The van der Waals surface area contributed by atoms with Gasteiger partial charge in [0.25, 0.3) is 0 Å². The Bertz CT molecular complexity index is 715. The first kappa shape index (κ1) is 17.8. The summed E-state index contributed by atoms with van der Waals surface area (Å²) < 4.78 is 26.3. The van der Waals surface area contributed by atoms with Crippen LogP contribution in [0, 0.1) is 11.6 Å². The molecule has 1 aliphatic heterocycles. The number of urea groups is 1. The monoisotopic (exact) mass is 365 g/mol. The highest BCUT2D eigenvalue weighted by Gasteiger charge is 2.22. The molecule has 0 spiro atoms. The van der Waals surface area contributed by atoms with Crippen molar-refractivity contribution in [2.24, 2.45) is 0 Å². The largest absolute Gasteiger partial charge is 0.331 e. The van der Waals surface area contributed by atoms with E-state index in [1.165, 1.54) is 10.9 Å². The summed E-state index contributed by atoms with van der Waals surface area (Å²) in [7, 11) is 0. The van der Waals surface area contributed by atoms with Gasteiger partial charge in [0.1, 0.15) is 0 Å². The second-order valence-electron chi connectivity index (χ2n) is 6.19. The summed E-state index contributed by atoms with van der Waals surface area (Å²) in [6, 6.07) is 7.30. The zero-order valence-electron chi connectivity index (χ0n) is 14.0. The summed E-state index contributed by atoms with van der Waals surface area (Å²) >= 11 is 1.74. The number of carbonyl (C=O) groups excluding carboxylic acids is 1. The number of hydrogen-bond acceptors (Lipinski definition) is 3. The average molecular weight is 365 g/mol. The minimum Gasteiger partial charge on any atom is -0.331 e. The van der Waals surface area contributed by atoms with Gasteiger partial charge in [-0.3, -0.25) is 4.90 Å². The first-order chi connectivity index (χ1) is 12.0. The number of piperazine rings is 1. The van der Waals surface area contributed by atoms with E-state index in [9.17, 15) is 13.6 Å². The number of benzene rings is 1. The second-order valence-corrected chi connectivity index (χ2v) is 7.22. The van der Waals surface area contributed by atoms with Gasteiger partial charge >= 0.3 is 6.03 Å². The summed E-state index contributed by atoms with van der Waals surface area (Å²) in [6.07, 6.45) is 0. The molecule has 25 heavy (non-hydrogen) atoms. The van der Waals surface area contributed by atoms with Crippen molar-refractivity contribution in [3.05, 3.63) is 57.8 Å². The third-order valence-electron chi connectivity index (χ3n) is 4.40. The van der Waals surface area contributed by atoms with Crippen LogP contribution >= 0.6 is 11.3 Å². The first-order valence-corrected chi connectivity index (χ1v) is 9.16. The van der Waals surface area contributed by atoms with Crippen molar-refractivity contribution in [3.8, 4) is 0 Å². The van der Waals surface area contributed by atoms with Crippen LogP contribution in [0.4, 0.5) is 13.6 Å². The lowest BCUT2D eigenvalue weighted by Crippen LogP contribution is -2.51. The molecule has 1 aromatic carbocycles. The summed E-state index contributed by atoms with van der Waals surface area (Å²) in [5.74, 6) is -1.79. The molecule has 2 aromatic rings. The van der Waals surface area contributed by atoms with Gasteiger partial charge in [-0.05, 0) is 36.1 Å². The fourth-order valence-electron chi connectivity index (χ4n) is 2.87. The first-order valence-electron chi connectivity index (χ1n) is 8.28. The van der Waals surface area contributed by atoms with Crippen LogP contribution in [-0.4, -0.2) is 42.0 Å². The average Bonchev–Trinajstić information content (AvgIpc) is 3.11. The number of nitrogens with one attached hydrogen (secondary N) is 1. The summed E-state index contributed by atoms with van der Waals surface area (Å²) in [5, 5.41) is 4.92. The lowest BCUT2D eigenvalue weighted by molar-refractivity contribution is 0.134. The van der Waals surface area contributed by atoms with Gasteiger partial charge in [-0.2, -0.15) is 0 Å². The molecule has 0 aliphatic carbocycles. The fourth-order valence-corrected chi connectivity index (χ4v) is 3.62. The van der Waals surface area contributed by atoms with Gasteiger partial charge in [0, 0.05) is 37.6 Å². The summed E-state index contributed by atoms with van der Waals surface area (Å²) in [4.78, 5) is 17.8. The van der Waals surface area contributed by atoms with Crippen LogP contribution in [0.3, 0.4) is 0 Å². The SMILES string of the molecule is CC(NC(=O)N1CCN(Cc2cccs2)CC1)c1ccc(F)c(F)c1. The van der Waals surface area contributed by atoms with Gasteiger partial charge in [0.2, 0.25) is 0 Å². The third-order valence-corrected chi connectivity index (χ3v) is 5.26. The van der Waals surface area contributed by atoms with Gasteiger partial charge in [0.15, 0.2) is 11.6 Å². The van der Waals surface area contributed by atoms with E-state index < -0.39 is 11.6 Å². The molecule has 2 heterocycles. The Morgan fingerprint density at radius 3 is 2.60 bits per heavy atom. The van der Waals surface area contributed by atoms with E-state index >= 15 is 0 Å². The van der Waals surface area contributed by atoms with E-state index in [0.29, 0.717) is 18.7 Å². The van der Waals surface area contributed by atoms with E-state index in [1.807, 2.05) is 6.07 Å². The van der Waals surface area contributed by atoms with E-state index in [0.717, 1.165) is 31.8 Å². The van der Waals surface area contributed by atoms with E-state index in [1.54, 1.807) is 23.2 Å². The van der Waals surface area contributed by atoms with Crippen molar-refractivity contribution < 1.29 is 13.6 Å². The standard InChI is InChI=1S/C18H21F2N3OS/c1-13(14-4-5-16(19)17(20)11-14)21-18(24)23-8-6-22(7-9-23)12-15-3-2-10-25-15/h2-5,10-11,13H,6-9,12H2,1H3,(H,21,24). The molecule has 1 saturated heterocycles. The number of nitrogens with zero attached hydrogens (tertiary/aromatic N) is 2. The van der Waals surface area contributed by atoms with Crippen molar-refractivity contribution in [2.75, 3.05) is 26.2 Å². The molecule has 1 unspecified atom stereocenters. The molecule has 3 rings (SSSR count). The van der Waals surface area contributed by atoms with Crippen LogP contribution in [0.15, 0.2) is 35.7 Å². The molecule has 0 bridgehead atoms. The highest BCUT2D eigenvalue weighted by molar-refractivity contribution is 7.09. The van der Waals surface area contributed by atoms with Crippen LogP contribution < -0.4 is 5.32 Å². The Morgan fingerprint density at radius 1 is 1.20 bits per heavy atom. The van der Waals surface area contributed by atoms with Crippen LogP contribution in [-0.2, 0) is 6.54 Å². The van der Waals surface area contributed by atoms with Gasteiger partial charge in [-0.25, -0.2) is 13.6 Å². The Hall–Kier alpha value is -1.99. The molecule has 4 nitrogen and oxygen atoms in total. The predicted octanol–water partition coefficient (Wildman–Crippen LogP) is 3.61. The van der Waals surface area contributed by atoms with Crippen molar-refractivity contribution in [2.45, 2.75) is 19.5 Å². The summed E-state index contributed by atoms with van der Waals surface area (Å²) in [6.45, 7) is 5.63. The highest BCUT2D eigenvalue weighted by Crippen LogP contribution is 2.17. The Kier molecular flexibility index (Phi) is 5.65. The fraction of sp³-hybridized carbons (Fsp3) is 0.389. The zero-order chi connectivity index (χ0) is 17.8. The van der Waals surface area contributed by atoms with Crippen molar-refractivity contribution in [3.63, 3.8) is 0 Å². The van der Waals surface area contributed by atoms with Gasteiger partial charge in [-0.1, -0.05) is 12.1 Å². The normalized spacial score (nSPS) is 16.7. The van der Waals surface area contributed by atoms with E-state index in [-0.39, 0.29) is 12.1 Å². The molecule has 1 N–H and O–H groups in total. The number of hydrogen-bond donors (Lipinski definition) is 1. The second kappa shape index (κ2) is 7.93. The van der Waals surface area contributed by atoms with Gasteiger partial charge in [-0.15, -0.1) is 11.3 Å². The Labute approximate surface area is 150 Å². The van der Waals surface area contributed by atoms with Crippen LogP contribution in [0.1, 0.15) is 23.4 Å². The highest BCUT2D eigenvalue weighted by atomic mass is 32.1. The maximum atomic E-state index is 13.3. The minimum absolute atomic E-state index is 0.173. The Morgan fingerprint density at radius 2 is 1.96 bits per heavy atom. The summed E-state index contributed by atoms with van der Waals surface area (Å²) in [5.41, 5.74) is 0.545. The number of rotatable bonds is 4. The molecule has 1 fully saturated rings. The van der Waals surface area contributed by atoms with Gasteiger partial charge in [0.05, 0.1) is 6.04 Å². The van der Waals surface area contributed by atoms with Crippen LogP contribution in [0.25, 0.3) is 0 Å². The van der Waals surface area contributed by atoms with Crippen molar-refractivity contribution in [1.29, 1.82) is 0 Å². The Balaban J connectivity index is 1.49. The quantitative estimate of drug-likeness (QED) is 0.898. The van der Waals surface area contributed by atoms with E-state index in [4.69, 9.17) is 0 Å². The zero-order valence-corrected chi connectivity index (χ0v) is 14.9. The van der Waals surface area contributed by atoms with Crippen molar-refractivity contribution in [1.82, 2.24) is 15.1 Å². The smallest absolute Gasteiger partial charge is 0.317 e. The van der Waals surface area contributed by atoms with Crippen LogP contribution in [0.2, 0.25) is 0 Å². The number of thiophene rings is 1. The molecule has 1 aromatic heterocycles. The lowest BCUT2D eigenvalue weighted by Gasteiger charge is -2.35. The molecular formula is C18H21F2N3OS. The number of carbonyl (C=O) groups is 1. The van der Waals surface area contributed by atoms with E-state index in [2.05, 4.69) is 21.7 Å². The maximum Gasteiger partial charge on any atom is 0.317 e. The minimum atomic E-state index is -0.902. The molecule has 1 aliphatic rings. The molecule has 0 saturated carbocycles. The number of halogens is 2. The van der Waals surface area contributed by atoms with Gasteiger partial charge < -0.3 is 10.2 Å². The number of amides is 2. The van der Waals surface area contributed by atoms with Crippen molar-refractivity contribution >= 4 is 17.4 Å². The molecule has 2 amide bonds. The molecule has 1 atom stereocenters. The van der Waals surface area contributed by atoms with Crippen LogP contribution in [0.5, 0.6) is 0 Å². The third kappa shape index (κ3) is 4.55. The molecule has 134 valence electrons. The topological polar surface area (TPSA) is 35.6 Å². The maximum absolute atomic E-state index is 13.3. The molecular weight excluding hydrogens is 344 g/mol.